The van der Waals surface area contributed by atoms with Gasteiger partial charge in [0.15, 0.2) is 11.6 Å². The second kappa shape index (κ2) is 7.49. The van der Waals surface area contributed by atoms with Crippen LogP contribution >= 0.6 is 0 Å². The van der Waals surface area contributed by atoms with Gasteiger partial charge in [-0.1, -0.05) is 0 Å². The van der Waals surface area contributed by atoms with Gasteiger partial charge >= 0.3 is 0 Å². The molecular weight excluding hydrogens is 294 g/mol. The number of carbonyl (C=O) groups excluding carboxylic acids is 2. The van der Waals surface area contributed by atoms with Gasteiger partial charge in [0.25, 0.3) is 5.91 Å². The van der Waals surface area contributed by atoms with E-state index in [2.05, 4.69) is 29.4 Å². The number of hydrogen-bond acceptors (Lipinski definition) is 4. The molecule has 1 aromatic heterocycles. The van der Waals surface area contributed by atoms with E-state index >= 15 is 0 Å². The van der Waals surface area contributed by atoms with Gasteiger partial charge in [-0.2, -0.15) is 0 Å². The van der Waals surface area contributed by atoms with Crippen LogP contribution in [-0.4, -0.2) is 24.9 Å². The zero-order valence-corrected chi connectivity index (χ0v) is 13.6. The monoisotopic (exact) mass is 315 g/mol. The molecule has 0 unspecified atom stereocenters. The Hall–Kier alpha value is -2.76. The minimum atomic E-state index is -0.364. The van der Waals surface area contributed by atoms with Crippen molar-refractivity contribution in [1.29, 1.82) is 0 Å². The molecule has 2 aromatic rings. The van der Waals surface area contributed by atoms with E-state index in [4.69, 9.17) is 4.42 Å². The Morgan fingerprint density at radius 1 is 1.00 bits per heavy atom. The summed E-state index contributed by atoms with van der Waals surface area (Å²) < 4.78 is 5.27. The van der Waals surface area contributed by atoms with E-state index in [-0.39, 0.29) is 23.5 Å². The average Bonchev–Trinajstić information content (AvgIpc) is 2.98. The van der Waals surface area contributed by atoms with E-state index in [0.29, 0.717) is 5.69 Å². The van der Waals surface area contributed by atoms with Gasteiger partial charge in [0, 0.05) is 37.5 Å². The lowest BCUT2D eigenvalue weighted by Gasteiger charge is -2.21. The predicted molar refractivity (Wildman–Crippen MR) is 91.0 cm³/mol. The first kappa shape index (κ1) is 16.6. The summed E-state index contributed by atoms with van der Waals surface area (Å²) >= 11 is 0. The minimum Gasteiger partial charge on any atom is -0.435 e. The largest absolute Gasteiger partial charge is 0.435 e. The van der Waals surface area contributed by atoms with Gasteiger partial charge in [-0.3, -0.25) is 14.9 Å². The zero-order chi connectivity index (χ0) is 16.8. The first-order valence-corrected chi connectivity index (χ1v) is 7.57. The summed E-state index contributed by atoms with van der Waals surface area (Å²) in [6.45, 7) is 7.44. The van der Waals surface area contributed by atoms with Crippen molar-refractivity contribution in [2.45, 2.75) is 20.8 Å². The maximum Gasteiger partial charge on any atom is 0.291 e. The maximum absolute atomic E-state index is 12.1. The molecule has 23 heavy (non-hydrogen) atoms. The number of anilines is 3. The van der Waals surface area contributed by atoms with Gasteiger partial charge in [0.05, 0.1) is 0 Å². The molecule has 2 amide bonds. The summed E-state index contributed by atoms with van der Waals surface area (Å²) in [5, 5.41) is 5.25. The number of carbonyl (C=O) groups is 2. The van der Waals surface area contributed by atoms with Crippen molar-refractivity contribution in [3.63, 3.8) is 0 Å². The van der Waals surface area contributed by atoms with Gasteiger partial charge in [0.2, 0.25) is 5.91 Å². The van der Waals surface area contributed by atoms with Crippen LogP contribution in [0.1, 0.15) is 31.3 Å². The lowest BCUT2D eigenvalue weighted by atomic mass is 10.2. The molecule has 0 radical (unpaired) electrons. The molecule has 6 heteroatoms. The second-order valence-corrected chi connectivity index (χ2v) is 5.02. The molecule has 2 N–H and O–H groups in total. The molecule has 0 bridgehead atoms. The van der Waals surface area contributed by atoms with Crippen LogP contribution in [0.5, 0.6) is 0 Å². The summed E-state index contributed by atoms with van der Waals surface area (Å²) in [4.78, 5) is 25.3. The van der Waals surface area contributed by atoms with Crippen molar-refractivity contribution in [2.24, 2.45) is 0 Å². The van der Waals surface area contributed by atoms with Crippen LogP contribution in [-0.2, 0) is 4.79 Å². The fourth-order valence-corrected chi connectivity index (χ4v) is 2.24. The Kier molecular flexibility index (Phi) is 5.41. The highest BCUT2D eigenvalue weighted by Crippen LogP contribution is 2.19. The van der Waals surface area contributed by atoms with Crippen LogP contribution in [0.2, 0.25) is 0 Å². The highest BCUT2D eigenvalue weighted by molar-refractivity contribution is 6.02. The molecule has 0 aliphatic carbocycles. The maximum atomic E-state index is 12.1. The van der Waals surface area contributed by atoms with E-state index in [9.17, 15) is 9.59 Å². The van der Waals surface area contributed by atoms with Gasteiger partial charge in [-0.05, 0) is 44.2 Å². The highest BCUT2D eigenvalue weighted by atomic mass is 16.4. The minimum absolute atomic E-state index is 0.140. The standard InChI is InChI=1S/C17H21N3O3/c1-4-20(5-2)14-8-6-13(7-9-14)19-17(22)15-10-11-16(23-15)18-12(3)21/h6-11H,4-5H2,1-3H3,(H,18,21)(H,19,22). The molecule has 0 fully saturated rings. The fourth-order valence-electron chi connectivity index (χ4n) is 2.24. The smallest absolute Gasteiger partial charge is 0.291 e. The first-order valence-electron chi connectivity index (χ1n) is 7.57. The van der Waals surface area contributed by atoms with Gasteiger partial charge < -0.3 is 14.6 Å². The Morgan fingerprint density at radius 2 is 1.65 bits per heavy atom. The Balaban J connectivity index is 2.02. The summed E-state index contributed by atoms with van der Waals surface area (Å²) in [7, 11) is 0. The van der Waals surface area contributed by atoms with Gasteiger partial charge in [-0.25, -0.2) is 0 Å². The van der Waals surface area contributed by atoms with Crippen molar-refractivity contribution in [3.05, 3.63) is 42.2 Å². The Labute approximate surface area is 135 Å². The number of amides is 2. The molecule has 6 nitrogen and oxygen atoms in total. The molecule has 0 spiro atoms. The fraction of sp³-hybridized carbons (Fsp3) is 0.294. The molecule has 0 saturated carbocycles. The third-order valence-corrected chi connectivity index (χ3v) is 3.38. The lowest BCUT2D eigenvalue weighted by Crippen LogP contribution is -2.21. The average molecular weight is 315 g/mol. The van der Waals surface area contributed by atoms with E-state index in [1.54, 1.807) is 6.07 Å². The molecule has 122 valence electrons. The SMILES string of the molecule is CCN(CC)c1ccc(NC(=O)c2ccc(NC(C)=O)o2)cc1. The summed E-state index contributed by atoms with van der Waals surface area (Å²) in [6.07, 6.45) is 0. The quantitative estimate of drug-likeness (QED) is 0.857. The third-order valence-electron chi connectivity index (χ3n) is 3.38. The van der Waals surface area contributed by atoms with Crippen LogP contribution in [0.4, 0.5) is 17.3 Å². The number of nitrogens with one attached hydrogen (secondary N) is 2. The molecular formula is C17H21N3O3. The second-order valence-electron chi connectivity index (χ2n) is 5.02. The molecule has 0 atom stereocenters. The van der Waals surface area contributed by atoms with Crippen molar-refractivity contribution < 1.29 is 14.0 Å². The molecule has 2 rings (SSSR count). The topological polar surface area (TPSA) is 74.6 Å². The Morgan fingerprint density at radius 3 is 2.22 bits per heavy atom. The molecule has 0 aliphatic heterocycles. The number of nitrogens with zero attached hydrogens (tertiary/aromatic N) is 1. The number of benzene rings is 1. The number of rotatable bonds is 6. The molecule has 0 aliphatic rings. The van der Waals surface area contributed by atoms with Crippen LogP contribution in [0.15, 0.2) is 40.8 Å². The van der Waals surface area contributed by atoms with Crippen molar-refractivity contribution in [2.75, 3.05) is 28.6 Å². The summed E-state index contributed by atoms with van der Waals surface area (Å²) in [6, 6.07) is 10.7. The van der Waals surface area contributed by atoms with Gasteiger partial charge in [0.1, 0.15) is 0 Å². The lowest BCUT2D eigenvalue weighted by molar-refractivity contribution is -0.114. The van der Waals surface area contributed by atoms with Crippen LogP contribution in [0.25, 0.3) is 0 Å². The molecule has 1 aromatic carbocycles. The Bertz CT molecular complexity index is 673. The third kappa shape index (κ3) is 4.35. The van der Waals surface area contributed by atoms with E-state index in [0.717, 1.165) is 18.8 Å². The zero-order valence-electron chi connectivity index (χ0n) is 13.6. The van der Waals surface area contributed by atoms with Crippen molar-refractivity contribution >= 4 is 29.1 Å². The predicted octanol–water partition coefficient (Wildman–Crippen LogP) is 3.34. The molecule has 1 heterocycles. The summed E-state index contributed by atoms with van der Waals surface area (Å²) in [5.74, 6) is -0.225. The number of hydrogen-bond donors (Lipinski definition) is 2. The molecule has 0 saturated heterocycles. The van der Waals surface area contributed by atoms with Crippen LogP contribution in [0, 0.1) is 0 Å². The normalized spacial score (nSPS) is 10.2. The van der Waals surface area contributed by atoms with Crippen molar-refractivity contribution in [3.8, 4) is 0 Å². The van der Waals surface area contributed by atoms with Crippen LogP contribution in [0.3, 0.4) is 0 Å². The van der Waals surface area contributed by atoms with E-state index in [1.807, 2.05) is 24.3 Å². The van der Waals surface area contributed by atoms with Crippen LogP contribution < -0.4 is 15.5 Å². The number of furan rings is 1. The van der Waals surface area contributed by atoms with E-state index in [1.165, 1.54) is 13.0 Å². The van der Waals surface area contributed by atoms with Crippen molar-refractivity contribution in [1.82, 2.24) is 0 Å². The van der Waals surface area contributed by atoms with Gasteiger partial charge in [-0.15, -0.1) is 0 Å². The van der Waals surface area contributed by atoms with E-state index < -0.39 is 0 Å². The highest BCUT2D eigenvalue weighted by Gasteiger charge is 2.12. The summed E-state index contributed by atoms with van der Waals surface area (Å²) in [5.41, 5.74) is 1.79. The first-order chi connectivity index (χ1) is 11.0.